The van der Waals surface area contributed by atoms with E-state index in [1.807, 2.05) is 30.3 Å². The smallest absolute Gasteiger partial charge is 0.217 e. The average Bonchev–Trinajstić information content (AvgIpc) is 2.61. The topological polar surface area (TPSA) is 53.5 Å². The Morgan fingerprint density at radius 3 is 2.54 bits per heavy atom. The van der Waals surface area contributed by atoms with E-state index >= 15 is 0 Å². The van der Waals surface area contributed by atoms with Gasteiger partial charge in [-0.2, -0.15) is 5.10 Å². The SMILES string of the molecule is CC(=O)NC1([C@@H]2CCCC/C2=N/Nc2ccccc2)CCCCC1. The van der Waals surface area contributed by atoms with Crippen molar-refractivity contribution < 1.29 is 4.79 Å². The second kappa shape index (κ2) is 7.82. The summed E-state index contributed by atoms with van der Waals surface area (Å²) in [6.45, 7) is 1.65. The Morgan fingerprint density at radius 2 is 1.83 bits per heavy atom. The van der Waals surface area contributed by atoms with Crippen LogP contribution in [0.3, 0.4) is 0 Å². The van der Waals surface area contributed by atoms with Crippen molar-refractivity contribution in [3.63, 3.8) is 0 Å². The van der Waals surface area contributed by atoms with Crippen LogP contribution in [-0.2, 0) is 4.79 Å². The fourth-order valence-electron chi connectivity index (χ4n) is 4.47. The van der Waals surface area contributed by atoms with E-state index in [9.17, 15) is 4.79 Å². The van der Waals surface area contributed by atoms with Gasteiger partial charge in [-0.05, 0) is 44.2 Å². The number of carbonyl (C=O) groups is 1. The first kappa shape index (κ1) is 17.0. The van der Waals surface area contributed by atoms with Gasteiger partial charge in [-0.1, -0.05) is 43.9 Å². The van der Waals surface area contributed by atoms with Crippen LogP contribution in [0.15, 0.2) is 35.4 Å². The van der Waals surface area contributed by atoms with E-state index in [0.29, 0.717) is 5.92 Å². The van der Waals surface area contributed by atoms with E-state index in [1.165, 1.54) is 37.8 Å². The van der Waals surface area contributed by atoms with Crippen LogP contribution in [0.25, 0.3) is 0 Å². The van der Waals surface area contributed by atoms with E-state index in [1.54, 1.807) is 6.92 Å². The minimum absolute atomic E-state index is 0.0816. The molecule has 4 heteroatoms. The number of amides is 1. The summed E-state index contributed by atoms with van der Waals surface area (Å²) < 4.78 is 0. The van der Waals surface area contributed by atoms with Gasteiger partial charge in [0.2, 0.25) is 5.91 Å². The van der Waals surface area contributed by atoms with Crippen LogP contribution < -0.4 is 10.7 Å². The maximum absolute atomic E-state index is 11.9. The van der Waals surface area contributed by atoms with Gasteiger partial charge in [0.25, 0.3) is 0 Å². The minimum atomic E-state index is -0.0816. The summed E-state index contributed by atoms with van der Waals surface area (Å²) in [4.78, 5) is 11.9. The van der Waals surface area contributed by atoms with Gasteiger partial charge in [-0.25, -0.2) is 0 Å². The van der Waals surface area contributed by atoms with Gasteiger partial charge < -0.3 is 5.32 Å². The number of benzene rings is 1. The normalized spacial score (nSPS) is 25.2. The molecule has 0 aromatic heterocycles. The molecule has 1 aromatic carbocycles. The van der Waals surface area contributed by atoms with Gasteiger partial charge in [0, 0.05) is 24.1 Å². The van der Waals surface area contributed by atoms with Crippen molar-refractivity contribution in [1.82, 2.24) is 5.32 Å². The Labute approximate surface area is 145 Å². The summed E-state index contributed by atoms with van der Waals surface area (Å²) in [7, 11) is 0. The number of nitrogens with zero attached hydrogens (tertiary/aromatic N) is 1. The van der Waals surface area contributed by atoms with Gasteiger partial charge in [0.05, 0.1) is 5.69 Å². The van der Waals surface area contributed by atoms with Crippen LogP contribution in [0, 0.1) is 5.92 Å². The molecule has 130 valence electrons. The molecule has 2 N–H and O–H groups in total. The molecule has 0 aliphatic heterocycles. The van der Waals surface area contributed by atoms with Crippen LogP contribution in [-0.4, -0.2) is 17.2 Å². The lowest BCUT2D eigenvalue weighted by molar-refractivity contribution is -0.121. The lowest BCUT2D eigenvalue weighted by Crippen LogP contribution is -2.57. The number of hydrogen-bond donors (Lipinski definition) is 2. The van der Waals surface area contributed by atoms with E-state index in [0.717, 1.165) is 31.4 Å². The van der Waals surface area contributed by atoms with Gasteiger partial charge in [-0.3, -0.25) is 10.2 Å². The fourth-order valence-corrected chi connectivity index (χ4v) is 4.47. The summed E-state index contributed by atoms with van der Waals surface area (Å²) in [5.74, 6) is 0.463. The molecule has 3 rings (SSSR count). The van der Waals surface area contributed by atoms with E-state index < -0.39 is 0 Å². The number of anilines is 1. The molecular formula is C20H29N3O. The molecule has 0 unspecified atom stereocenters. The van der Waals surface area contributed by atoms with E-state index in [2.05, 4.69) is 10.7 Å². The zero-order valence-corrected chi connectivity index (χ0v) is 14.7. The Bertz CT molecular complexity index is 576. The summed E-state index contributed by atoms with van der Waals surface area (Å²) in [5, 5.41) is 8.12. The number of carbonyl (C=O) groups excluding carboxylic acids is 1. The zero-order valence-electron chi connectivity index (χ0n) is 14.7. The van der Waals surface area contributed by atoms with Crippen LogP contribution in [0.5, 0.6) is 0 Å². The molecule has 0 bridgehead atoms. The molecule has 1 amide bonds. The third kappa shape index (κ3) is 3.97. The average molecular weight is 327 g/mol. The maximum Gasteiger partial charge on any atom is 0.217 e. The van der Waals surface area contributed by atoms with Gasteiger partial charge >= 0.3 is 0 Å². The van der Waals surface area contributed by atoms with Crippen LogP contribution >= 0.6 is 0 Å². The Morgan fingerprint density at radius 1 is 1.08 bits per heavy atom. The van der Waals surface area contributed by atoms with Crippen LogP contribution in [0.4, 0.5) is 5.69 Å². The second-order valence-electron chi connectivity index (χ2n) is 7.28. The summed E-state index contributed by atoms with van der Waals surface area (Å²) in [6.07, 6.45) is 10.5. The van der Waals surface area contributed by atoms with Crippen molar-refractivity contribution >= 4 is 17.3 Å². The first-order valence-corrected chi connectivity index (χ1v) is 9.36. The lowest BCUT2D eigenvalue weighted by Gasteiger charge is -2.46. The first-order valence-electron chi connectivity index (χ1n) is 9.36. The monoisotopic (exact) mass is 327 g/mol. The van der Waals surface area contributed by atoms with Gasteiger partial charge in [0.1, 0.15) is 0 Å². The second-order valence-corrected chi connectivity index (χ2v) is 7.28. The van der Waals surface area contributed by atoms with Gasteiger partial charge in [0.15, 0.2) is 0 Å². The Kier molecular flexibility index (Phi) is 5.54. The third-order valence-electron chi connectivity index (χ3n) is 5.52. The highest BCUT2D eigenvalue weighted by molar-refractivity contribution is 5.90. The number of para-hydroxylation sites is 1. The molecule has 1 atom stereocenters. The lowest BCUT2D eigenvalue weighted by atomic mass is 9.66. The highest BCUT2D eigenvalue weighted by Crippen LogP contribution is 2.40. The first-order chi connectivity index (χ1) is 11.7. The molecule has 0 saturated heterocycles. The maximum atomic E-state index is 11.9. The van der Waals surface area contributed by atoms with Crippen molar-refractivity contribution in [2.24, 2.45) is 11.0 Å². The molecular weight excluding hydrogens is 298 g/mol. The van der Waals surface area contributed by atoms with E-state index in [-0.39, 0.29) is 11.4 Å². The summed E-state index contributed by atoms with van der Waals surface area (Å²) in [5.41, 5.74) is 5.40. The molecule has 2 saturated carbocycles. The van der Waals surface area contributed by atoms with Crippen LogP contribution in [0.1, 0.15) is 64.7 Å². The number of nitrogens with one attached hydrogen (secondary N) is 2. The predicted molar refractivity (Wildman–Crippen MR) is 99.1 cm³/mol. The standard InChI is InChI=1S/C20H29N3O/c1-16(24)21-20(14-8-3-9-15-20)18-12-6-7-13-19(18)23-22-17-10-4-2-5-11-17/h2,4-5,10-11,18,22H,3,6-9,12-15H2,1H3,(H,21,24)/b23-19-/t18-/m1/s1. The zero-order chi connectivity index (χ0) is 16.8. The molecule has 0 heterocycles. The number of hydrazone groups is 1. The number of rotatable bonds is 4. The third-order valence-corrected chi connectivity index (χ3v) is 5.52. The molecule has 2 fully saturated rings. The van der Waals surface area contributed by atoms with Crippen molar-refractivity contribution in [3.8, 4) is 0 Å². The molecule has 1 aromatic rings. The summed E-state index contributed by atoms with van der Waals surface area (Å²) >= 11 is 0. The highest BCUT2D eigenvalue weighted by Gasteiger charge is 2.43. The highest BCUT2D eigenvalue weighted by atomic mass is 16.1. The Balaban J connectivity index is 1.82. The Hall–Kier alpha value is -1.84. The largest absolute Gasteiger partial charge is 0.350 e. The minimum Gasteiger partial charge on any atom is -0.350 e. The quantitative estimate of drug-likeness (QED) is 0.801. The predicted octanol–water partition coefficient (Wildman–Crippen LogP) is 4.48. The number of hydrogen-bond acceptors (Lipinski definition) is 3. The van der Waals surface area contributed by atoms with Crippen molar-refractivity contribution in [1.29, 1.82) is 0 Å². The van der Waals surface area contributed by atoms with E-state index in [4.69, 9.17) is 5.10 Å². The molecule has 2 aliphatic carbocycles. The molecule has 4 nitrogen and oxygen atoms in total. The molecule has 24 heavy (non-hydrogen) atoms. The molecule has 2 aliphatic rings. The van der Waals surface area contributed by atoms with Crippen LogP contribution in [0.2, 0.25) is 0 Å². The molecule has 0 spiro atoms. The summed E-state index contributed by atoms with van der Waals surface area (Å²) in [6, 6.07) is 10.1. The van der Waals surface area contributed by atoms with Crippen molar-refractivity contribution in [3.05, 3.63) is 30.3 Å². The fraction of sp³-hybridized carbons (Fsp3) is 0.600. The van der Waals surface area contributed by atoms with Crippen molar-refractivity contribution in [2.75, 3.05) is 5.43 Å². The molecule has 0 radical (unpaired) electrons. The van der Waals surface area contributed by atoms with Crippen molar-refractivity contribution in [2.45, 2.75) is 70.3 Å². The van der Waals surface area contributed by atoms with Gasteiger partial charge in [-0.15, -0.1) is 0 Å².